The van der Waals surface area contributed by atoms with E-state index in [1.54, 1.807) is 6.20 Å². The molecule has 114 valence electrons. The van der Waals surface area contributed by atoms with Crippen molar-refractivity contribution in [3.8, 4) is 23.2 Å². The molecule has 0 spiro atoms. The molecule has 2 aromatic heterocycles. The summed E-state index contributed by atoms with van der Waals surface area (Å²) in [4.78, 5) is 8.65. The number of nitrogens with zero attached hydrogens (tertiary/aromatic N) is 3. The monoisotopic (exact) mass is 303 g/mol. The average molecular weight is 303 g/mol. The number of aromatic nitrogens is 3. The third kappa shape index (κ3) is 3.64. The van der Waals surface area contributed by atoms with E-state index in [4.69, 9.17) is 4.52 Å². The Labute approximate surface area is 135 Å². The molecule has 4 nitrogen and oxygen atoms in total. The molecule has 0 aliphatic rings. The number of aryl methyl sites for hydroxylation is 3. The number of rotatable bonds is 3. The highest BCUT2D eigenvalue weighted by Gasteiger charge is 2.12. The predicted octanol–water partition coefficient (Wildman–Crippen LogP) is 3.73. The number of hydrogen-bond acceptors (Lipinski definition) is 4. The summed E-state index contributed by atoms with van der Waals surface area (Å²) in [5, 5.41) is 4.10. The van der Waals surface area contributed by atoms with E-state index >= 15 is 0 Å². The van der Waals surface area contributed by atoms with Crippen LogP contribution in [-0.4, -0.2) is 15.1 Å². The highest BCUT2D eigenvalue weighted by Crippen LogP contribution is 2.24. The molecule has 1 aromatic carbocycles. The van der Waals surface area contributed by atoms with Gasteiger partial charge in [0.1, 0.15) is 5.69 Å². The molecule has 0 atom stereocenters. The lowest BCUT2D eigenvalue weighted by Crippen LogP contribution is -1.90. The number of pyridine rings is 1. The van der Waals surface area contributed by atoms with Gasteiger partial charge in [-0.3, -0.25) is 0 Å². The van der Waals surface area contributed by atoms with Crippen LogP contribution < -0.4 is 0 Å². The van der Waals surface area contributed by atoms with Crippen LogP contribution >= 0.6 is 0 Å². The maximum absolute atomic E-state index is 5.34. The van der Waals surface area contributed by atoms with Crippen LogP contribution in [-0.2, 0) is 6.42 Å². The second kappa shape index (κ2) is 6.89. The van der Waals surface area contributed by atoms with Gasteiger partial charge in [0.2, 0.25) is 11.7 Å². The summed E-state index contributed by atoms with van der Waals surface area (Å²) in [5.41, 5.74) is 4.11. The maximum atomic E-state index is 5.34. The molecule has 0 radical (unpaired) electrons. The zero-order valence-electron chi connectivity index (χ0n) is 13.2. The molecule has 4 heteroatoms. The Bertz CT molecular complexity index is 837. The van der Waals surface area contributed by atoms with E-state index in [0.717, 1.165) is 22.4 Å². The zero-order valence-corrected chi connectivity index (χ0v) is 13.2. The van der Waals surface area contributed by atoms with E-state index < -0.39 is 0 Å². The van der Waals surface area contributed by atoms with Crippen molar-refractivity contribution in [1.82, 2.24) is 15.1 Å². The summed E-state index contributed by atoms with van der Waals surface area (Å²) < 4.78 is 5.34. The fourth-order valence-corrected chi connectivity index (χ4v) is 2.38. The van der Waals surface area contributed by atoms with E-state index in [-0.39, 0.29) is 0 Å². The van der Waals surface area contributed by atoms with Gasteiger partial charge in [-0.15, -0.1) is 0 Å². The lowest BCUT2D eigenvalue weighted by molar-refractivity contribution is 0.380. The van der Waals surface area contributed by atoms with Crippen LogP contribution in [0.1, 0.15) is 29.1 Å². The van der Waals surface area contributed by atoms with Crippen molar-refractivity contribution in [2.75, 3.05) is 0 Å². The molecule has 0 N–H and O–H groups in total. The normalized spacial score (nSPS) is 10.2. The molecule has 0 saturated carbocycles. The third-order valence-corrected chi connectivity index (χ3v) is 3.52. The van der Waals surface area contributed by atoms with E-state index in [1.807, 2.05) is 24.3 Å². The topological polar surface area (TPSA) is 51.8 Å². The highest BCUT2D eigenvalue weighted by molar-refractivity contribution is 5.63. The minimum absolute atomic E-state index is 0.609. The summed E-state index contributed by atoms with van der Waals surface area (Å²) in [6.45, 7) is 4.10. The molecule has 23 heavy (non-hydrogen) atoms. The van der Waals surface area contributed by atoms with Gasteiger partial charge in [-0.2, -0.15) is 4.98 Å². The summed E-state index contributed by atoms with van der Waals surface area (Å²) in [7, 11) is 0. The summed E-state index contributed by atoms with van der Waals surface area (Å²) >= 11 is 0. The van der Waals surface area contributed by atoms with Crippen LogP contribution in [0.4, 0.5) is 0 Å². The van der Waals surface area contributed by atoms with Gasteiger partial charge >= 0.3 is 0 Å². The Morgan fingerprint density at radius 3 is 2.61 bits per heavy atom. The standard InChI is InChI=1S/C19H17N3O/c1-14-8-7-9-15(2)18(14)19-21-17(23-22-19)12-4-3-10-16-11-5-6-13-20-16/h5-9,11,13H,4,12H2,1-2H3. The van der Waals surface area contributed by atoms with Crippen LogP contribution in [0.5, 0.6) is 0 Å². The number of benzene rings is 1. The molecule has 0 saturated heterocycles. The second-order valence-corrected chi connectivity index (χ2v) is 5.30. The number of hydrogen-bond donors (Lipinski definition) is 0. The molecule has 2 heterocycles. The van der Waals surface area contributed by atoms with Gasteiger partial charge in [0.25, 0.3) is 0 Å². The van der Waals surface area contributed by atoms with E-state index in [9.17, 15) is 0 Å². The smallest absolute Gasteiger partial charge is 0.227 e. The quantitative estimate of drug-likeness (QED) is 0.692. The summed E-state index contributed by atoms with van der Waals surface area (Å²) in [6.07, 6.45) is 3.03. The lowest BCUT2D eigenvalue weighted by Gasteiger charge is -2.03. The molecule has 3 aromatic rings. The lowest BCUT2D eigenvalue weighted by atomic mass is 10.0. The predicted molar refractivity (Wildman–Crippen MR) is 88.6 cm³/mol. The first-order valence-electron chi connectivity index (χ1n) is 7.53. The molecule has 0 fully saturated rings. The summed E-state index contributed by atoms with van der Waals surface area (Å²) in [6, 6.07) is 11.8. The van der Waals surface area contributed by atoms with E-state index in [0.29, 0.717) is 24.6 Å². The van der Waals surface area contributed by atoms with E-state index in [1.165, 1.54) is 0 Å². The fourth-order valence-electron chi connectivity index (χ4n) is 2.38. The van der Waals surface area contributed by atoms with Gasteiger partial charge in [0, 0.05) is 24.6 Å². The Balaban J connectivity index is 1.68. The van der Waals surface area contributed by atoms with Gasteiger partial charge in [-0.25, -0.2) is 4.98 Å². The molecule has 0 aliphatic carbocycles. The first kappa shape index (κ1) is 15.0. The summed E-state index contributed by atoms with van der Waals surface area (Å²) in [5.74, 6) is 7.36. The van der Waals surface area contributed by atoms with Crippen molar-refractivity contribution in [3.05, 3.63) is 65.3 Å². The van der Waals surface area contributed by atoms with Crippen LogP contribution in [0.25, 0.3) is 11.4 Å². The van der Waals surface area contributed by atoms with Crippen LogP contribution in [0, 0.1) is 25.7 Å². The minimum Gasteiger partial charge on any atom is -0.339 e. The van der Waals surface area contributed by atoms with E-state index in [2.05, 4.69) is 52.9 Å². The van der Waals surface area contributed by atoms with Gasteiger partial charge in [0.05, 0.1) is 0 Å². The first-order valence-corrected chi connectivity index (χ1v) is 7.53. The molecular weight excluding hydrogens is 286 g/mol. The SMILES string of the molecule is Cc1cccc(C)c1-c1noc(CCC#Cc2ccccn2)n1. The first-order chi connectivity index (χ1) is 11.2. The van der Waals surface area contributed by atoms with Gasteiger partial charge in [-0.1, -0.05) is 35.3 Å². The Morgan fingerprint density at radius 2 is 1.87 bits per heavy atom. The van der Waals surface area contributed by atoms with Gasteiger partial charge in [0.15, 0.2) is 0 Å². The largest absolute Gasteiger partial charge is 0.339 e. The van der Waals surface area contributed by atoms with Gasteiger partial charge < -0.3 is 4.52 Å². The Kier molecular flexibility index (Phi) is 4.49. The molecule has 0 amide bonds. The molecule has 3 rings (SSSR count). The van der Waals surface area contributed by atoms with Crippen molar-refractivity contribution < 1.29 is 4.52 Å². The van der Waals surface area contributed by atoms with Crippen LogP contribution in [0.3, 0.4) is 0 Å². The highest BCUT2D eigenvalue weighted by atomic mass is 16.5. The fraction of sp³-hybridized carbons (Fsp3) is 0.211. The molecular formula is C19H17N3O. The van der Waals surface area contributed by atoms with Crippen molar-refractivity contribution >= 4 is 0 Å². The average Bonchev–Trinajstić information content (AvgIpc) is 3.01. The van der Waals surface area contributed by atoms with Crippen molar-refractivity contribution in [2.45, 2.75) is 26.7 Å². The third-order valence-electron chi connectivity index (χ3n) is 3.52. The Morgan fingerprint density at radius 1 is 1.04 bits per heavy atom. The molecule has 0 aliphatic heterocycles. The Hall–Kier alpha value is -2.93. The minimum atomic E-state index is 0.609. The van der Waals surface area contributed by atoms with Gasteiger partial charge in [-0.05, 0) is 43.0 Å². The van der Waals surface area contributed by atoms with Crippen molar-refractivity contribution in [1.29, 1.82) is 0 Å². The van der Waals surface area contributed by atoms with Crippen LogP contribution in [0.15, 0.2) is 47.1 Å². The maximum Gasteiger partial charge on any atom is 0.227 e. The zero-order chi connectivity index (χ0) is 16.1. The molecule has 0 bridgehead atoms. The van der Waals surface area contributed by atoms with Crippen LogP contribution in [0.2, 0.25) is 0 Å². The van der Waals surface area contributed by atoms with Crippen molar-refractivity contribution in [2.24, 2.45) is 0 Å². The second-order valence-electron chi connectivity index (χ2n) is 5.30. The van der Waals surface area contributed by atoms with Crippen molar-refractivity contribution in [3.63, 3.8) is 0 Å². The molecule has 0 unspecified atom stereocenters.